The molecule has 23 heavy (non-hydrogen) atoms. The lowest BCUT2D eigenvalue weighted by Crippen LogP contribution is -2.32. The van der Waals surface area contributed by atoms with Crippen LogP contribution >= 0.6 is 22.7 Å². The minimum Gasteiger partial charge on any atom is -0.340 e. The Balaban J connectivity index is 1.74. The van der Waals surface area contributed by atoms with Crippen molar-refractivity contribution in [1.29, 1.82) is 0 Å². The summed E-state index contributed by atoms with van der Waals surface area (Å²) in [7, 11) is 3.70. The van der Waals surface area contributed by atoms with Crippen LogP contribution in [0.25, 0.3) is 9.53 Å². The number of carbonyl (C=O) groups is 1. The zero-order valence-electron chi connectivity index (χ0n) is 13.0. The third-order valence-electron chi connectivity index (χ3n) is 3.37. The lowest BCUT2D eigenvalue weighted by Gasteiger charge is -2.15. The second-order valence-electron chi connectivity index (χ2n) is 5.12. The molecule has 0 saturated carbocycles. The number of fused-ring (bicyclic) bond motifs is 1. The Morgan fingerprint density at radius 1 is 1.26 bits per heavy atom. The Morgan fingerprint density at radius 3 is 2.74 bits per heavy atom. The Kier molecular flexibility index (Phi) is 4.90. The first kappa shape index (κ1) is 15.9. The highest BCUT2D eigenvalue weighted by molar-refractivity contribution is 7.29. The van der Waals surface area contributed by atoms with E-state index in [0.717, 1.165) is 31.8 Å². The molecule has 2 heterocycles. The Bertz CT molecular complexity index is 765. The maximum Gasteiger partial charge on any atom is 0.263 e. The predicted molar refractivity (Wildman–Crippen MR) is 98.1 cm³/mol. The number of aromatic nitrogens is 1. The van der Waals surface area contributed by atoms with Gasteiger partial charge in [-0.3, -0.25) is 4.79 Å². The summed E-state index contributed by atoms with van der Waals surface area (Å²) in [6, 6.07) is 11.9. The molecule has 3 aromatic rings. The number of rotatable bonds is 6. The SMILES string of the molecule is CNCCN(C)C(=O)c1cc2sc(Nc3ccccc3)nc2s1. The molecule has 5 nitrogen and oxygen atoms in total. The highest BCUT2D eigenvalue weighted by Gasteiger charge is 2.17. The van der Waals surface area contributed by atoms with Gasteiger partial charge in [-0.2, -0.15) is 0 Å². The van der Waals surface area contributed by atoms with E-state index in [9.17, 15) is 4.79 Å². The molecule has 120 valence electrons. The van der Waals surface area contributed by atoms with Gasteiger partial charge in [0, 0.05) is 25.8 Å². The van der Waals surface area contributed by atoms with E-state index in [4.69, 9.17) is 0 Å². The highest BCUT2D eigenvalue weighted by atomic mass is 32.1. The molecule has 0 aliphatic rings. The van der Waals surface area contributed by atoms with E-state index in [2.05, 4.69) is 15.6 Å². The maximum atomic E-state index is 12.4. The van der Waals surface area contributed by atoms with Crippen LogP contribution in [0.15, 0.2) is 36.4 Å². The normalized spacial score (nSPS) is 10.9. The summed E-state index contributed by atoms with van der Waals surface area (Å²) < 4.78 is 1.04. The fraction of sp³-hybridized carbons (Fsp3) is 0.250. The molecular weight excluding hydrogens is 328 g/mol. The first-order valence-electron chi connectivity index (χ1n) is 7.30. The van der Waals surface area contributed by atoms with E-state index in [1.165, 1.54) is 11.3 Å². The van der Waals surface area contributed by atoms with Crippen LogP contribution in [0.3, 0.4) is 0 Å². The quantitative estimate of drug-likeness (QED) is 0.718. The van der Waals surface area contributed by atoms with Crippen molar-refractivity contribution < 1.29 is 4.79 Å². The van der Waals surface area contributed by atoms with Gasteiger partial charge < -0.3 is 15.5 Å². The minimum absolute atomic E-state index is 0.0491. The molecule has 3 rings (SSSR count). The molecule has 0 radical (unpaired) electrons. The third kappa shape index (κ3) is 3.69. The summed E-state index contributed by atoms with van der Waals surface area (Å²) in [6.07, 6.45) is 0. The number of anilines is 2. The molecule has 7 heteroatoms. The number of nitrogens with zero attached hydrogens (tertiary/aromatic N) is 2. The van der Waals surface area contributed by atoms with Gasteiger partial charge in [-0.05, 0) is 25.2 Å². The molecule has 0 bridgehead atoms. The zero-order chi connectivity index (χ0) is 16.2. The second kappa shape index (κ2) is 7.08. The molecule has 0 aliphatic carbocycles. The van der Waals surface area contributed by atoms with Gasteiger partial charge in [0.05, 0.1) is 9.58 Å². The van der Waals surface area contributed by atoms with E-state index < -0.39 is 0 Å². The highest BCUT2D eigenvalue weighted by Crippen LogP contribution is 2.34. The number of thiazole rings is 1. The van der Waals surface area contributed by atoms with Crippen LogP contribution in [0.1, 0.15) is 9.67 Å². The van der Waals surface area contributed by atoms with Gasteiger partial charge in [0.2, 0.25) is 0 Å². The molecule has 0 unspecified atom stereocenters. The number of thiophene rings is 1. The van der Waals surface area contributed by atoms with Crippen molar-refractivity contribution in [2.75, 3.05) is 32.5 Å². The smallest absolute Gasteiger partial charge is 0.263 e. The van der Waals surface area contributed by atoms with Crippen molar-refractivity contribution in [3.63, 3.8) is 0 Å². The zero-order valence-corrected chi connectivity index (χ0v) is 14.6. The van der Waals surface area contributed by atoms with Gasteiger partial charge in [-0.1, -0.05) is 29.5 Å². The fourth-order valence-corrected chi connectivity index (χ4v) is 4.24. The Hall–Kier alpha value is -1.96. The Morgan fingerprint density at radius 2 is 2.04 bits per heavy atom. The largest absolute Gasteiger partial charge is 0.340 e. The van der Waals surface area contributed by atoms with Gasteiger partial charge in [-0.15, -0.1) is 11.3 Å². The summed E-state index contributed by atoms with van der Waals surface area (Å²) in [5.41, 5.74) is 1.01. The molecule has 1 aromatic carbocycles. The van der Waals surface area contributed by atoms with Crippen LogP contribution in [0, 0.1) is 0 Å². The van der Waals surface area contributed by atoms with Gasteiger partial charge in [0.1, 0.15) is 4.83 Å². The fourth-order valence-electron chi connectivity index (χ4n) is 2.11. The average Bonchev–Trinajstić information content (AvgIpc) is 3.11. The minimum atomic E-state index is 0.0491. The van der Waals surface area contributed by atoms with Crippen LogP contribution in [-0.4, -0.2) is 43.0 Å². The molecule has 0 fully saturated rings. The maximum absolute atomic E-state index is 12.4. The van der Waals surface area contributed by atoms with E-state index in [1.54, 1.807) is 16.2 Å². The number of benzene rings is 1. The van der Waals surface area contributed by atoms with Gasteiger partial charge in [0.15, 0.2) is 5.13 Å². The van der Waals surface area contributed by atoms with Crippen molar-refractivity contribution >= 4 is 48.9 Å². The summed E-state index contributed by atoms with van der Waals surface area (Å²) in [5, 5.41) is 7.18. The first-order chi connectivity index (χ1) is 11.2. The number of carbonyl (C=O) groups excluding carboxylic acids is 1. The molecule has 0 atom stereocenters. The monoisotopic (exact) mass is 346 g/mol. The van der Waals surface area contributed by atoms with Crippen molar-refractivity contribution in [2.45, 2.75) is 0 Å². The second-order valence-corrected chi connectivity index (χ2v) is 7.18. The lowest BCUT2D eigenvalue weighted by molar-refractivity contribution is 0.0801. The molecule has 0 saturated heterocycles. The number of hydrogen-bond donors (Lipinski definition) is 2. The first-order valence-corrected chi connectivity index (χ1v) is 8.93. The number of hydrogen-bond acceptors (Lipinski definition) is 6. The number of nitrogens with one attached hydrogen (secondary N) is 2. The molecular formula is C16H18N4OS2. The summed E-state index contributed by atoms with van der Waals surface area (Å²) in [4.78, 5) is 20.3. The third-order valence-corrected chi connectivity index (χ3v) is 5.43. The standard InChI is InChI=1S/C16H18N4OS2/c1-17-8-9-20(2)15(21)13-10-12-14(22-13)19-16(23-12)18-11-6-4-3-5-7-11/h3-7,10,17H,8-9H2,1-2H3,(H,18,19). The number of para-hydroxylation sites is 1. The summed E-state index contributed by atoms with van der Waals surface area (Å²) in [6.45, 7) is 1.47. The Labute approximate surface area is 143 Å². The topological polar surface area (TPSA) is 57.3 Å². The van der Waals surface area contributed by atoms with Gasteiger partial charge in [0.25, 0.3) is 5.91 Å². The van der Waals surface area contributed by atoms with E-state index >= 15 is 0 Å². The molecule has 0 aliphatic heterocycles. The summed E-state index contributed by atoms with van der Waals surface area (Å²) >= 11 is 3.01. The van der Waals surface area contributed by atoms with Crippen LogP contribution < -0.4 is 10.6 Å². The van der Waals surface area contributed by atoms with Crippen molar-refractivity contribution in [3.05, 3.63) is 41.3 Å². The molecule has 1 amide bonds. The molecule has 0 spiro atoms. The van der Waals surface area contributed by atoms with Crippen molar-refractivity contribution in [2.24, 2.45) is 0 Å². The van der Waals surface area contributed by atoms with Crippen LogP contribution in [0.2, 0.25) is 0 Å². The lowest BCUT2D eigenvalue weighted by atomic mass is 10.3. The van der Waals surface area contributed by atoms with E-state index in [1.807, 2.05) is 50.5 Å². The number of amides is 1. The number of likely N-dealkylation sites (N-methyl/N-ethyl adjacent to an activating group) is 2. The molecule has 2 N–H and O–H groups in total. The van der Waals surface area contributed by atoms with Crippen molar-refractivity contribution in [3.8, 4) is 0 Å². The van der Waals surface area contributed by atoms with Gasteiger partial charge in [-0.25, -0.2) is 4.98 Å². The van der Waals surface area contributed by atoms with Crippen molar-refractivity contribution in [1.82, 2.24) is 15.2 Å². The van der Waals surface area contributed by atoms with E-state index in [0.29, 0.717) is 6.54 Å². The van der Waals surface area contributed by atoms with E-state index in [-0.39, 0.29) is 5.91 Å². The molecule has 2 aromatic heterocycles. The summed E-state index contributed by atoms with van der Waals surface area (Å²) in [5.74, 6) is 0.0491. The van der Waals surface area contributed by atoms with Crippen LogP contribution in [0.4, 0.5) is 10.8 Å². The van der Waals surface area contributed by atoms with Gasteiger partial charge >= 0.3 is 0 Å². The van der Waals surface area contributed by atoms with Crippen LogP contribution in [-0.2, 0) is 0 Å². The van der Waals surface area contributed by atoms with Crippen LogP contribution in [0.5, 0.6) is 0 Å². The average molecular weight is 346 g/mol. The predicted octanol–water partition coefficient (Wildman–Crippen LogP) is 3.39.